The van der Waals surface area contributed by atoms with E-state index in [1.54, 1.807) is 4.68 Å². The Morgan fingerprint density at radius 1 is 1.32 bits per heavy atom. The van der Waals surface area contributed by atoms with Crippen molar-refractivity contribution in [1.29, 1.82) is 0 Å². The van der Waals surface area contributed by atoms with Crippen LogP contribution in [0, 0.1) is 6.92 Å². The molecule has 1 aromatic heterocycles. The number of carbonyl (C=O) groups excluding carboxylic acids is 1. The number of aromatic nitrogens is 2. The average Bonchev–Trinajstić information content (AvgIpc) is 2.81. The van der Waals surface area contributed by atoms with Gasteiger partial charge in [0.2, 0.25) is 0 Å². The van der Waals surface area contributed by atoms with E-state index in [9.17, 15) is 4.79 Å². The second kappa shape index (κ2) is 7.98. The van der Waals surface area contributed by atoms with Crippen LogP contribution in [-0.2, 0) is 6.54 Å². The molecule has 0 radical (unpaired) electrons. The summed E-state index contributed by atoms with van der Waals surface area (Å²) in [5, 5.41) is 9.95. The number of amides is 2. The number of nitrogens with one attached hydrogen (secondary N) is 2. The third-order valence-electron chi connectivity index (χ3n) is 3.23. The maximum Gasteiger partial charge on any atom is 0.320 e. The zero-order valence-corrected chi connectivity index (χ0v) is 14.5. The van der Waals surface area contributed by atoms with Gasteiger partial charge in [0, 0.05) is 12.7 Å². The number of unbranched alkanes of at least 4 members (excludes halogenated alkanes) is 1. The van der Waals surface area contributed by atoms with Gasteiger partial charge in [-0.15, -0.1) is 0 Å². The molecule has 118 valence electrons. The topological polar surface area (TPSA) is 59.0 Å². The summed E-state index contributed by atoms with van der Waals surface area (Å²) in [6.45, 7) is 5.48. The van der Waals surface area contributed by atoms with Crippen LogP contribution in [0.1, 0.15) is 30.9 Å². The van der Waals surface area contributed by atoms with Gasteiger partial charge in [0.25, 0.3) is 0 Å². The van der Waals surface area contributed by atoms with Gasteiger partial charge in [0.05, 0.1) is 11.0 Å². The molecular weight excluding hydrogens is 344 g/mol. The zero-order chi connectivity index (χ0) is 15.9. The first-order valence-electron chi connectivity index (χ1n) is 7.42. The molecule has 0 atom stereocenters. The maximum absolute atomic E-state index is 11.8. The van der Waals surface area contributed by atoms with Gasteiger partial charge in [0.15, 0.2) is 5.82 Å². The van der Waals surface area contributed by atoms with Crippen LogP contribution in [0.25, 0.3) is 0 Å². The number of halogens is 1. The Morgan fingerprint density at radius 3 is 2.73 bits per heavy atom. The van der Waals surface area contributed by atoms with Crippen molar-refractivity contribution in [2.45, 2.75) is 33.2 Å². The Morgan fingerprint density at radius 2 is 2.05 bits per heavy atom. The van der Waals surface area contributed by atoms with Gasteiger partial charge in [-0.3, -0.25) is 10.00 Å². The van der Waals surface area contributed by atoms with Gasteiger partial charge >= 0.3 is 6.03 Å². The van der Waals surface area contributed by atoms with Crippen LogP contribution in [0.5, 0.6) is 0 Å². The molecule has 0 spiro atoms. The highest BCUT2D eigenvalue weighted by Crippen LogP contribution is 2.20. The van der Waals surface area contributed by atoms with Crippen LogP contribution in [0.2, 0.25) is 0 Å². The Bertz CT molecular complexity index is 622. The molecule has 0 aliphatic carbocycles. The molecule has 22 heavy (non-hydrogen) atoms. The summed E-state index contributed by atoms with van der Waals surface area (Å²) in [6, 6.07) is 8.09. The molecule has 0 saturated carbocycles. The number of urea groups is 1. The van der Waals surface area contributed by atoms with Crippen LogP contribution < -0.4 is 10.6 Å². The van der Waals surface area contributed by atoms with Crippen LogP contribution in [0.3, 0.4) is 0 Å². The summed E-state index contributed by atoms with van der Waals surface area (Å²) < 4.78 is 2.57. The molecule has 5 nitrogen and oxygen atoms in total. The highest BCUT2D eigenvalue weighted by Gasteiger charge is 2.10. The number of hydrogen-bond acceptors (Lipinski definition) is 2. The Balaban J connectivity index is 1.95. The summed E-state index contributed by atoms with van der Waals surface area (Å²) in [4.78, 5) is 11.8. The molecule has 2 aromatic rings. The lowest BCUT2D eigenvalue weighted by atomic mass is 10.1. The molecule has 1 aromatic carbocycles. The van der Waals surface area contributed by atoms with E-state index in [0.717, 1.165) is 17.3 Å². The zero-order valence-electron chi connectivity index (χ0n) is 12.9. The molecule has 1 heterocycles. The number of hydrogen-bond donors (Lipinski definition) is 2. The predicted molar refractivity (Wildman–Crippen MR) is 92.1 cm³/mol. The number of nitrogens with zero attached hydrogens (tertiary/aromatic N) is 2. The van der Waals surface area contributed by atoms with Crippen molar-refractivity contribution in [3.05, 3.63) is 46.1 Å². The standard InChI is InChI=1S/C16H21BrN4O/c1-3-4-9-18-16(22)19-15-14(17)11-21(20-15)10-13-7-5-12(2)6-8-13/h5-8,11H,3-4,9-10H2,1-2H3,(H2,18,19,20,22). The largest absolute Gasteiger partial charge is 0.338 e. The van der Waals surface area contributed by atoms with Gasteiger partial charge in [-0.25, -0.2) is 4.79 Å². The lowest BCUT2D eigenvalue weighted by Gasteiger charge is -2.05. The fourth-order valence-electron chi connectivity index (χ4n) is 1.97. The number of carbonyl (C=O) groups is 1. The minimum atomic E-state index is -0.227. The molecule has 0 fully saturated rings. The molecule has 0 unspecified atom stereocenters. The van der Waals surface area contributed by atoms with E-state index < -0.39 is 0 Å². The summed E-state index contributed by atoms with van der Waals surface area (Å²) in [5.41, 5.74) is 2.40. The minimum Gasteiger partial charge on any atom is -0.338 e. The second-order valence-electron chi connectivity index (χ2n) is 5.24. The van der Waals surface area contributed by atoms with Crippen molar-refractivity contribution in [3.8, 4) is 0 Å². The highest BCUT2D eigenvalue weighted by atomic mass is 79.9. The molecule has 2 rings (SSSR count). The van der Waals surface area contributed by atoms with Gasteiger partial charge in [-0.2, -0.15) is 5.10 Å². The van der Waals surface area contributed by atoms with Crippen molar-refractivity contribution in [1.82, 2.24) is 15.1 Å². The minimum absolute atomic E-state index is 0.227. The number of anilines is 1. The number of benzene rings is 1. The van der Waals surface area contributed by atoms with E-state index in [1.165, 1.54) is 11.1 Å². The summed E-state index contributed by atoms with van der Waals surface area (Å²) in [7, 11) is 0. The van der Waals surface area contributed by atoms with Crippen molar-refractivity contribution in [2.24, 2.45) is 0 Å². The maximum atomic E-state index is 11.8. The number of rotatable bonds is 6. The lowest BCUT2D eigenvalue weighted by molar-refractivity contribution is 0.252. The third kappa shape index (κ3) is 4.87. The van der Waals surface area contributed by atoms with E-state index >= 15 is 0 Å². The van der Waals surface area contributed by atoms with E-state index in [4.69, 9.17) is 0 Å². The van der Waals surface area contributed by atoms with Crippen LogP contribution >= 0.6 is 15.9 Å². The van der Waals surface area contributed by atoms with Gasteiger partial charge in [-0.05, 0) is 34.8 Å². The summed E-state index contributed by atoms with van der Waals surface area (Å²) >= 11 is 3.43. The molecule has 2 amide bonds. The van der Waals surface area contributed by atoms with Gasteiger partial charge in [-0.1, -0.05) is 43.2 Å². The van der Waals surface area contributed by atoms with Crippen LogP contribution in [0.4, 0.5) is 10.6 Å². The molecule has 0 aliphatic rings. The fraction of sp³-hybridized carbons (Fsp3) is 0.375. The summed E-state index contributed by atoms with van der Waals surface area (Å²) in [6.07, 6.45) is 3.88. The normalized spacial score (nSPS) is 10.5. The van der Waals surface area contributed by atoms with E-state index in [0.29, 0.717) is 18.9 Å². The summed E-state index contributed by atoms with van der Waals surface area (Å²) in [5.74, 6) is 0.529. The SMILES string of the molecule is CCCCNC(=O)Nc1nn(Cc2ccc(C)cc2)cc1Br. The lowest BCUT2D eigenvalue weighted by Crippen LogP contribution is -2.29. The third-order valence-corrected chi connectivity index (χ3v) is 3.81. The smallest absolute Gasteiger partial charge is 0.320 e. The Hall–Kier alpha value is -1.82. The second-order valence-corrected chi connectivity index (χ2v) is 6.10. The highest BCUT2D eigenvalue weighted by molar-refractivity contribution is 9.10. The predicted octanol–water partition coefficient (Wildman–Crippen LogP) is 3.92. The molecule has 2 N–H and O–H groups in total. The molecule has 0 bridgehead atoms. The quantitative estimate of drug-likeness (QED) is 0.763. The molecule has 0 saturated heterocycles. The monoisotopic (exact) mass is 364 g/mol. The molecule has 6 heteroatoms. The molecular formula is C16H21BrN4O. The van der Waals surface area contributed by atoms with Gasteiger partial charge in [0.1, 0.15) is 0 Å². The van der Waals surface area contributed by atoms with Crippen LogP contribution in [-0.4, -0.2) is 22.4 Å². The fourth-order valence-corrected chi connectivity index (χ4v) is 2.39. The van der Waals surface area contributed by atoms with Crippen LogP contribution in [0.15, 0.2) is 34.9 Å². The Labute approximate surface area is 139 Å². The van der Waals surface area contributed by atoms with Crippen molar-refractivity contribution in [3.63, 3.8) is 0 Å². The average molecular weight is 365 g/mol. The first-order valence-corrected chi connectivity index (χ1v) is 8.21. The van der Waals surface area contributed by atoms with E-state index in [-0.39, 0.29) is 6.03 Å². The van der Waals surface area contributed by atoms with Gasteiger partial charge < -0.3 is 5.32 Å². The van der Waals surface area contributed by atoms with E-state index in [2.05, 4.69) is 69.8 Å². The van der Waals surface area contributed by atoms with Crippen molar-refractivity contribution >= 4 is 27.8 Å². The van der Waals surface area contributed by atoms with Crippen molar-refractivity contribution < 1.29 is 4.79 Å². The van der Waals surface area contributed by atoms with Crippen molar-refractivity contribution in [2.75, 3.05) is 11.9 Å². The first-order chi connectivity index (χ1) is 10.6. The number of aryl methyl sites for hydroxylation is 1. The Kier molecular flexibility index (Phi) is 6.00. The van der Waals surface area contributed by atoms with E-state index in [1.807, 2.05) is 6.20 Å². The first kappa shape index (κ1) is 16.5. The molecule has 0 aliphatic heterocycles.